The molecule has 0 amide bonds. The van der Waals surface area contributed by atoms with Crippen LogP contribution in [0.25, 0.3) is 6.08 Å². The van der Waals surface area contributed by atoms with Gasteiger partial charge in [0.25, 0.3) is 0 Å². The summed E-state index contributed by atoms with van der Waals surface area (Å²) in [5.41, 5.74) is 2.49. The molecule has 0 bridgehead atoms. The van der Waals surface area contributed by atoms with E-state index in [0.717, 1.165) is 37.1 Å². The zero-order valence-corrected chi connectivity index (χ0v) is 16.3. The summed E-state index contributed by atoms with van der Waals surface area (Å²) in [5, 5.41) is 4.54. The zero-order chi connectivity index (χ0) is 19.0. The second-order valence-electron chi connectivity index (χ2n) is 7.51. The van der Waals surface area contributed by atoms with Gasteiger partial charge in [-0.15, -0.1) is 0 Å². The molecule has 142 valence electrons. The van der Waals surface area contributed by atoms with Crippen LogP contribution >= 0.6 is 12.6 Å². The number of aromatic nitrogens is 2. The molecule has 2 aliphatic rings. The molecule has 1 saturated heterocycles. The van der Waals surface area contributed by atoms with Gasteiger partial charge < -0.3 is 0 Å². The van der Waals surface area contributed by atoms with Gasteiger partial charge in [-0.1, -0.05) is 18.2 Å². The summed E-state index contributed by atoms with van der Waals surface area (Å²) in [6, 6.07) is 8.10. The molecular weight excluding hydrogens is 361 g/mol. The van der Waals surface area contributed by atoms with Crippen molar-refractivity contribution >= 4 is 24.5 Å². The van der Waals surface area contributed by atoms with E-state index in [2.05, 4.69) is 10.00 Å². The van der Waals surface area contributed by atoms with E-state index in [9.17, 15) is 9.18 Å². The highest BCUT2D eigenvalue weighted by Crippen LogP contribution is 2.39. The highest BCUT2D eigenvalue weighted by molar-refractivity contribution is 7.81. The van der Waals surface area contributed by atoms with E-state index in [4.69, 9.17) is 12.6 Å². The van der Waals surface area contributed by atoms with Crippen LogP contribution in [-0.4, -0.2) is 38.8 Å². The molecule has 2 aromatic rings. The Hall–Kier alpha value is -1.92. The first-order chi connectivity index (χ1) is 13.0. The minimum Gasteiger partial charge on any atom is -0.297 e. The van der Waals surface area contributed by atoms with Gasteiger partial charge in [-0.3, -0.25) is 14.4 Å². The number of thiol groups is 1. The van der Waals surface area contributed by atoms with E-state index < -0.39 is 6.04 Å². The molecule has 4 nitrogen and oxygen atoms in total. The third kappa shape index (κ3) is 4.01. The summed E-state index contributed by atoms with van der Waals surface area (Å²) in [6.07, 6.45) is 6.61. The van der Waals surface area contributed by atoms with Crippen LogP contribution in [0.2, 0.25) is 0 Å². The minimum absolute atomic E-state index is 0.0755. The van der Waals surface area contributed by atoms with Crippen molar-refractivity contribution in [2.24, 2.45) is 13.0 Å². The minimum atomic E-state index is -0.522. The van der Waals surface area contributed by atoms with Gasteiger partial charge in [0.05, 0.1) is 11.7 Å². The number of ketones is 1. The van der Waals surface area contributed by atoms with Gasteiger partial charge in [-0.05, 0) is 43.0 Å². The average Bonchev–Trinajstić information content (AvgIpc) is 3.42. The van der Waals surface area contributed by atoms with Gasteiger partial charge in [0.1, 0.15) is 5.82 Å². The Kier molecular flexibility index (Phi) is 5.19. The Bertz CT molecular complexity index is 874. The van der Waals surface area contributed by atoms with E-state index in [1.54, 1.807) is 16.8 Å². The molecule has 1 aromatic carbocycles. The molecule has 0 radical (unpaired) electrons. The van der Waals surface area contributed by atoms with E-state index in [0.29, 0.717) is 12.1 Å². The molecule has 1 aliphatic heterocycles. The maximum Gasteiger partial charge on any atom is 0.157 e. The third-order valence-corrected chi connectivity index (χ3v) is 5.97. The van der Waals surface area contributed by atoms with Crippen LogP contribution in [0.5, 0.6) is 0 Å². The average molecular weight is 386 g/mol. The number of piperidine rings is 1. The van der Waals surface area contributed by atoms with Crippen LogP contribution in [0.4, 0.5) is 4.39 Å². The van der Waals surface area contributed by atoms with Gasteiger partial charge in [0.15, 0.2) is 5.78 Å². The van der Waals surface area contributed by atoms with Crippen molar-refractivity contribution in [2.75, 3.05) is 13.1 Å². The number of hydrogen-bond donors (Lipinski definition) is 1. The fourth-order valence-electron chi connectivity index (χ4n) is 3.77. The largest absolute Gasteiger partial charge is 0.297 e. The number of likely N-dealkylation sites (tertiary alicyclic amines) is 1. The lowest BCUT2D eigenvalue weighted by molar-refractivity contribution is -0.126. The molecule has 4 rings (SSSR count). The first-order valence-electron chi connectivity index (χ1n) is 9.43. The van der Waals surface area contributed by atoms with Crippen LogP contribution < -0.4 is 0 Å². The maximum absolute atomic E-state index is 14.5. The summed E-state index contributed by atoms with van der Waals surface area (Å²) in [5.74, 6) is -0.0822. The first kappa shape index (κ1) is 18.4. The standard InChI is InChI=1S/C21H24FN3OS/c1-24-10-8-16(23-24)12-15-13-25(11-9-19(15)27)20(21(26)14-6-7-14)17-4-2-3-5-18(17)22/h2-5,8,10,12,14,19-20,27H,6-7,9,11,13H2,1H3/b15-12+. The third-order valence-electron chi connectivity index (χ3n) is 5.39. The quantitative estimate of drug-likeness (QED) is 0.798. The van der Waals surface area contributed by atoms with Crippen LogP contribution in [0.1, 0.15) is 36.6 Å². The second kappa shape index (κ2) is 7.60. The summed E-state index contributed by atoms with van der Waals surface area (Å²) in [6.45, 7) is 1.33. The van der Waals surface area contributed by atoms with Gasteiger partial charge in [0.2, 0.25) is 0 Å². The number of Topliss-reactive ketones (excluding diaryl/α,β-unsaturated/α-hetero) is 1. The van der Waals surface area contributed by atoms with E-state index in [1.807, 2.05) is 31.5 Å². The predicted molar refractivity (Wildman–Crippen MR) is 107 cm³/mol. The molecule has 0 N–H and O–H groups in total. The Balaban J connectivity index is 1.64. The zero-order valence-electron chi connectivity index (χ0n) is 15.4. The summed E-state index contributed by atoms with van der Waals surface area (Å²) >= 11 is 4.73. The Morgan fingerprint density at radius 2 is 2.07 bits per heavy atom. The first-order valence-corrected chi connectivity index (χ1v) is 9.95. The van der Waals surface area contributed by atoms with E-state index in [1.165, 1.54) is 6.07 Å². The molecule has 6 heteroatoms. The van der Waals surface area contributed by atoms with Crippen molar-refractivity contribution < 1.29 is 9.18 Å². The van der Waals surface area contributed by atoms with Crippen molar-refractivity contribution in [1.29, 1.82) is 0 Å². The van der Waals surface area contributed by atoms with Crippen LogP contribution in [-0.2, 0) is 11.8 Å². The molecule has 27 heavy (non-hydrogen) atoms. The smallest absolute Gasteiger partial charge is 0.157 e. The number of carbonyl (C=O) groups is 1. The maximum atomic E-state index is 14.5. The number of carbonyl (C=O) groups excluding carboxylic acids is 1. The SMILES string of the molecule is Cn1ccc(/C=C2\CN(C(C(=O)C3CC3)c3ccccc3F)CCC2S)n1. The van der Waals surface area contributed by atoms with Crippen molar-refractivity contribution in [1.82, 2.24) is 14.7 Å². The van der Waals surface area contributed by atoms with Crippen molar-refractivity contribution in [3.63, 3.8) is 0 Å². The fourth-order valence-corrected chi connectivity index (χ4v) is 4.04. The lowest BCUT2D eigenvalue weighted by Crippen LogP contribution is -2.42. The Labute approximate surface area is 164 Å². The predicted octanol–water partition coefficient (Wildman–Crippen LogP) is 3.67. The highest BCUT2D eigenvalue weighted by Gasteiger charge is 2.40. The molecular formula is C21H24FN3OS. The summed E-state index contributed by atoms with van der Waals surface area (Å²) in [7, 11) is 1.88. The summed E-state index contributed by atoms with van der Waals surface area (Å²) in [4.78, 5) is 15.2. The van der Waals surface area contributed by atoms with Gasteiger partial charge >= 0.3 is 0 Å². The van der Waals surface area contributed by atoms with Crippen LogP contribution in [0.15, 0.2) is 42.1 Å². The second-order valence-corrected chi connectivity index (χ2v) is 8.13. The number of rotatable bonds is 5. The van der Waals surface area contributed by atoms with Crippen LogP contribution in [0, 0.1) is 11.7 Å². The Morgan fingerprint density at radius 3 is 2.74 bits per heavy atom. The molecule has 2 fully saturated rings. The van der Waals surface area contributed by atoms with Crippen molar-refractivity contribution in [2.45, 2.75) is 30.6 Å². The van der Waals surface area contributed by atoms with Gasteiger partial charge in [-0.25, -0.2) is 4.39 Å². The summed E-state index contributed by atoms with van der Waals surface area (Å²) < 4.78 is 16.3. The van der Waals surface area contributed by atoms with Gasteiger partial charge in [0, 0.05) is 43.1 Å². The monoisotopic (exact) mass is 385 g/mol. The van der Waals surface area contributed by atoms with E-state index >= 15 is 0 Å². The van der Waals surface area contributed by atoms with Gasteiger partial charge in [-0.2, -0.15) is 17.7 Å². The molecule has 0 spiro atoms. The van der Waals surface area contributed by atoms with Crippen molar-refractivity contribution in [3.05, 3.63) is 59.2 Å². The molecule has 2 atom stereocenters. The molecule has 2 unspecified atom stereocenters. The molecule has 2 heterocycles. The van der Waals surface area contributed by atoms with Crippen LogP contribution in [0.3, 0.4) is 0 Å². The fraction of sp³-hybridized carbons (Fsp3) is 0.429. The topological polar surface area (TPSA) is 38.1 Å². The lowest BCUT2D eigenvalue weighted by Gasteiger charge is -2.37. The van der Waals surface area contributed by atoms with Crippen molar-refractivity contribution in [3.8, 4) is 0 Å². The number of benzene rings is 1. The number of aryl methyl sites for hydroxylation is 1. The normalized spacial score (nSPS) is 23.5. The number of nitrogens with zero attached hydrogens (tertiary/aromatic N) is 3. The number of halogens is 1. The lowest BCUT2D eigenvalue weighted by atomic mass is 9.93. The highest BCUT2D eigenvalue weighted by atomic mass is 32.1. The molecule has 1 aliphatic carbocycles. The Morgan fingerprint density at radius 1 is 1.30 bits per heavy atom. The molecule has 1 aromatic heterocycles. The molecule has 1 saturated carbocycles. The van der Waals surface area contributed by atoms with E-state index in [-0.39, 0.29) is 22.8 Å². The number of hydrogen-bond acceptors (Lipinski definition) is 4.